The van der Waals surface area contributed by atoms with E-state index in [1.54, 1.807) is 14.2 Å². The summed E-state index contributed by atoms with van der Waals surface area (Å²) in [4.78, 5) is 0. The molecule has 0 aliphatic rings. The predicted octanol–water partition coefficient (Wildman–Crippen LogP) is 3.09. The lowest BCUT2D eigenvalue weighted by Crippen LogP contribution is -2.02. The zero-order valence-corrected chi connectivity index (χ0v) is 10.5. The van der Waals surface area contributed by atoms with Gasteiger partial charge in [-0.3, -0.25) is 0 Å². The van der Waals surface area contributed by atoms with Gasteiger partial charge in [0.25, 0.3) is 0 Å². The summed E-state index contributed by atoms with van der Waals surface area (Å²) in [5.41, 5.74) is 0.774. The summed E-state index contributed by atoms with van der Waals surface area (Å²) in [5.74, 6) is 1.26. The van der Waals surface area contributed by atoms with Crippen LogP contribution in [0.15, 0.2) is 30.9 Å². The molecule has 0 saturated heterocycles. The third-order valence-corrected chi connectivity index (χ3v) is 2.68. The molecule has 1 aromatic rings. The Balaban J connectivity index is 2.84. The molecule has 94 valence electrons. The highest BCUT2D eigenvalue weighted by Crippen LogP contribution is 2.36. The van der Waals surface area contributed by atoms with Crippen molar-refractivity contribution in [3.05, 3.63) is 36.4 Å². The molecule has 17 heavy (non-hydrogen) atoms. The Kier molecular flexibility index (Phi) is 5.57. The molecule has 1 N–H and O–H groups in total. The fraction of sp³-hybridized carbons (Fsp3) is 0.429. The molecule has 0 aliphatic heterocycles. The molecule has 1 atom stereocenters. The van der Waals surface area contributed by atoms with E-state index in [-0.39, 0.29) is 0 Å². The van der Waals surface area contributed by atoms with Crippen LogP contribution >= 0.6 is 0 Å². The fourth-order valence-electron chi connectivity index (χ4n) is 1.79. The van der Waals surface area contributed by atoms with Gasteiger partial charge in [0.1, 0.15) is 0 Å². The number of aliphatic hydroxyl groups is 1. The van der Waals surface area contributed by atoms with Gasteiger partial charge in [0, 0.05) is 5.56 Å². The quantitative estimate of drug-likeness (QED) is 0.584. The van der Waals surface area contributed by atoms with E-state index < -0.39 is 6.10 Å². The number of hydrogen-bond donors (Lipinski definition) is 1. The maximum absolute atomic E-state index is 10.1. The molecule has 0 radical (unpaired) electrons. The monoisotopic (exact) mass is 236 g/mol. The van der Waals surface area contributed by atoms with Gasteiger partial charge in [-0.25, -0.2) is 0 Å². The lowest BCUT2D eigenvalue weighted by molar-refractivity contribution is 0.160. The summed E-state index contributed by atoms with van der Waals surface area (Å²) in [6.07, 6.45) is 3.83. The lowest BCUT2D eigenvalue weighted by Gasteiger charge is -2.16. The van der Waals surface area contributed by atoms with Crippen LogP contribution in [0, 0.1) is 0 Å². The number of para-hydroxylation sites is 1. The summed E-state index contributed by atoms with van der Waals surface area (Å²) in [5, 5.41) is 10.1. The number of ether oxygens (including phenoxy) is 2. The number of unbranched alkanes of at least 4 members (excludes halogenated alkanes) is 1. The van der Waals surface area contributed by atoms with Crippen LogP contribution in [-0.4, -0.2) is 19.3 Å². The Hall–Kier alpha value is -1.48. The minimum atomic E-state index is -0.528. The normalized spacial score (nSPS) is 11.9. The highest BCUT2D eigenvalue weighted by atomic mass is 16.5. The van der Waals surface area contributed by atoms with Crippen molar-refractivity contribution < 1.29 is 14.6 Å². The van der Waals surface area contributed by atoms with E-state index in [0.29, 0.717) is 17.9 Å². The van der Waals surface area contributed by atoms with Crippen molar-refractivity contribution in [2.24, 2.45) is 0 Å². The molecule has 0 aromatic heterocycles. The molecule has 1 aromatic carbocycles. The maximum atomic E-state index is 10.1. The summed E-state index contributed by atoms with van der Waals surface area (Å²) in [6.45, 7) is 3.67. The molecule has 3 nitrogen and oxygen atoms in total. The van der Waals surface area contributed by atoms with E-state index in [1.807, 2.05) is 24.3 Å². The van der Waals surface area contributed by atoms with Crippen molar-refractivity contribution >= 4 is 0 Å². The van der Waals surface area contributed by atoms with Crippen LogP contribution in [-0.2, 0) is 0 Å². The van der Waals surface area contributed by atoms with Crippen molar-refractivity contribution in [1.82, 2.24) is 0 Å². The van der Waals surface area contributed by atoms with Crippen molar-refractivity contribution in [2.75, 3.05) is 14.2 Å². The molecule has 1 rings (SSSR count). The van der Waals surface area contributed by atoms with E-state index in [9.17, 15) is 5.11 Å². The summed E-state index contributed by atoms with van der Waals surface area (Å²) >= 11 is 0. The number of allylic oxidation sites excluding steroid dienone is 1. The lowest BCUT2D eigenvalue weighted by atomic mass is 10.0. The first kappa shape index (κ1) is 13.6. The zero-order valence-electron chi connectivity index (χ0n) is 10.5. The Labute approximate surface area is 103 Å². The summed E-state index contributed by atoms with van der Waals surface area (Å²) in [7, 11) is 3.17. The van der Waals surface area contributed by atoms with Gasteiger partial charge in [-0.05, 0) is 25.3 Å². The van der Waals surface area contributed by atoms with Crippen LogP contribution in [0.1, 0.15) is 30.9 Å². The van der Waals surface area contributed by atoms with Gasteiger partial charge in [0.15, 0.2) is 11.5 Å². The SMILES string of the molecule is C=CCCCC(O)c1cccc(OC)c1OC. The molecule has 0 fully saturated rings. The minimum absolute atomic E-state index is 0.528. The Bertz CT molecular complexity index is 360. The van der Waals surface area contributed by atoms with Gasteiger partial charge < -0.3 is 14.6 Å². The van der Waals surface area contributed by atoms with Crippen LogP contribution in [0.5, 0.6) is 11.5 Å². The Morgan fingerprint density at radius 1 is 1.35 bits per heavy atom. The smallest absolute Gasteiger partial charge is 0.166 e. The molecular weight excluding hydrogens is 216 g/mol. The maximum Gasteiger partial charge on any atom is 0.166 e. The van der Waals surface area contributed by atoms with Crippen LogP contribution in [0.3, 0.4) is 0 Å². The standard InChI is InChI=1S/C14H20O3/c1-4-5-6-9-12(15)11-8-7-10-13(16-2)14(11)17-3/h4,7-8,10,12,15H,1,5-6,9H2,2-3H3. The van der Waals surface area contributed by atoms with Crippen molar-refractivity contribution in [1.29, 1.82) is 0 Å². The van der Waals surface area contributed by atoms with Crippen LogP contribution in [0.25, 0.3) is 0 Å². The first-order valence-corrected chi connectivity index (χ1v) is 5.74. The molecular formula is C14H20O3. The third-order valence-electron chi connectivity index (χ3n) is 2.68. The first-order chi connectivity index (χ1) is 8.24. The zero-order chi connectivity index (χ0) is 12.7. The van der Waals surface area contributed by atoms with Gasteiger partial charge in [-0.2, -0.15) is 0 Å². The fourth-order valence-corrected chi connectivity index (χ4v) is 1.79. The van der Waals surface area contributed by atoms with Gasteiger partial charge in [0.05, 0.1) is 20.3 Å². The average molecular weight is 236 g/mol. The molecule has 3 heteroatoms. The predicted molar refractivity (Wildman–Crippen MR) is 68.6 cm³/mol. The largest absolute Gasteiger partial charge is 0.493 e. The third kappa shape index (κ3) is 3.49. The Morgan fingerprint density at radius 3 is 2.71 bits per heavy atom. The molecule has 0 spiro atoms. The molecule has 0 aliphatic carbocycles. The molecule has 0 amide bonds. The van der Waals surface area contributed by atoms with E-state index in [4.69, 9.17) is 9.47 Å². The topological polar surface area (TPSA) is 38.7 Å². The second kappa shape index (κ2) is 6.97. The minimum Gasteiger partial charge on any atom is -0.493 e. The number of benzene rings is 1. The van der Waals surface area contributed by atoms with E-state index >= 15 is 0 Å². The first-order valence-electron chi connectivity index (χ1n) is 5.74. The van der Waals surface area contributed by atoms with E-state index in [0.717, 1.165) is 18.4 Å². The van der Waals surface area contributed by atoms with Crippen LogP contribution in [0.4, 0.5) is 0 Å². The number of methoxy groups -OCH3 is 2. The average Bonchev–Trinajstić information content (AvgIpc) is 2.37. The van der Waals surface area contributed by atoms with Crippen LogP contribution in [0.2, 0.25) is 0 Å². The molecule has 0 bridgehead atoms. The van der Waals surface area contributed by atoms with Crippen molar-refractivity contribution in [2.45, 2.75) is 25.4 Å². The van der Waals surface area contributed by atoms with Gasteiger partial charge in [0.2, 0.25) is 0 Å². The number of hydrogen-bond acceptors (Lipinski definition) is 3. The molecule has 0 heterocycles. The second-order valence-electron chi connectivity index (χ2n) is 3.82. The second-order valence-corrected chi connectivity index (χ2v) is 3.82. The van der Waals surface area contributed by atoms with E-state index in [2.05, 4.69) is 6.58 Å². The van der Waals surface area contributed by atoms with Crippen molar-refractivity contribution in [3.63, 3.8) is 0 Å². The van der Waals surface area contributed by atoms with Gasteiger partial charge >= 0.3 is 0 Å². The van der Waals surface area contributed by atoms with Gasteiger partial charge in [-0.15, -0.1) is 6.58 Å². The van der Waals surface area contributed by atoms with Crippen LogP contribution < -0.4 is 9.47 Å². The molecule has 0 saturated carbocycles. The van der Waals surface area contributed by atoms with E-state index in [1.165, 1.54) is 0 Å². The summed E-state index contributed by atoms with van der Waals surface area (Å²) < 4.78 is 10.5. The van der Waals surface area contributed by atoms with Crippen molar-refractivity contribution in [3.8, 4) is 11.5 Å². The number of rotatable bonds is 7. The van der Waals surface area contributed by atoms with Gasteiger partial charge in [-0.1, -0.05) is 18.2 Å². The highest BCUT2D eigenvalue weighted by molar-refractivity contribution is 5.47. The highest BCUT2D eigenvalue weighted by Gasteiger charge is 2.16. The Morgan fingerprint density at radius 2 is 2.12 bits per heavy atom. The molecule has 1 unspecified atom stereocenters. The number of aliphatic hydroxyl groups excluding tert-OH is 1. The summed E-state index contributed by atoms with van der Waals surface area (Å²) in [6, 6.07) is 5.53.